The molecule has 1 unspecified atom stereocenters. The lowest BCUT2D eigenvalue weighted by molar-refractivity contribution is 0.266. The largest absolute Gasteiger partial charge is 0.394 e. The Kier molecular flexibility index (Phi) is 4.31. The van der Waals surface area contributed by atoms with Gasteiger partial charge >= 0.3 is 0 Å². The summed E-state index contributed by atoms with van der Waals surface area (Å²) in [6.07, 6.45) is 5.74. The molecule has 1 saturated heterocycles. The second kappa shape index (κ2) is 6.48. The van der Waals surface area contributed by atoms with Gasteiger partial charge in [-0.05, 0) is 31.9 Å². The Labute approximate surface area is 155 Å². The van der Waals surface area contributed by atoms with Gasteiger partial charge in [0.15, 0.2) is 0 Å². The zero-order valence-electron chi connectivity index (χ0n) is 13.8. The van der Waals surface area contributed by atoms with E-state index in [4.69, 9.17) is 28.2 Å². The van der Waals surface area contributed by atoms with Gasteiger partial charge in [-0.3, -0.25) is 0 Å². The van der Waals surface area contributed by atoms with Crippen molar-refractivity contribution in [2.45, 2.75) is 25.8 Å². The molecule has 1 aliphatic heterocycles. The van der Waals surface area contributed by atoms with Crippen molar-refractivity contribution in [3.05, 3.63) is 46.5 Å². The summed E-state index contributed by atoms with van der Waals surface area (Å²) in [5.41, 5.74) is 2.54. The first-order valence-electron chi connectivity index (χ1n) is 8.25. The molecule has 1 atom stereocenters. The van der Waals surface area contributed by atoms with Crippen molar-refractivity contribution >= 4 is 39.9 Å². The Morgan fingerprint density at radius 1 is 1.32 bits per heavy atom. The summed E-state index contributed by atoms with van der Waals surface area (Å²) >= 11 is 12.7. The first-order valence-corrected chi connectivity index (χ1v) is 9.01. The molecule has 3 aromatic rings. The molecule has 0 saturated carbocycles. The molecule has 130 valence electrons. The van der Waals surface area contributed by atoms with Crippen molar-refractivity contribution in [3.8, 4) is 5.69 Å². The Balaban J connectivity index is 1.97. The number of nitrogens with zero attached hydrogens (tertiary/aromatic N) is 4. The van der Waals surface area contributed by atoms with Crippen molar-refractivity contribution in [3.63, 3.8) is 0 Å². The second-order valence-corrected chi connectivity index (χ2v) is 7.14. The first-order chi connectivity index (χ1) is 12.1. The van der Waals surface area contributed by atoms with E-state index >= 15 is 0 Å². The van der Waals surface area contributed by atoms with Crippen LogP contribution in [0.3, 0.4) is 0 Å². The minimum Gasteiger partial charge on any atom is -0.394 e. The van der Waals surface area contributed by atoms with Crippen LogP contribution in [0.1, 0.15) is 18.5 Å². The van der Waals surface area contributed by atoms with E-state index in [-0.39, 0.29) is 12.6 Å². The Bertz CT molecular complexity index is 940. The van der Waals surface area contributed by atoms with Gasteiger partial charge in [0, 0.05) is 24.2 Å². The van der Waals surface area contributed by atoms with Crippen molar-refractivity contribution < 1.29 is 5.11 Å². The summed E-state index contributed by atoms with van der Waals surface area (Å²) in [6.45, 7) is 2.93. The Morgan fingerprint density at radius 3 is 2.88 bits per heavy atom. The van der Waals surface area contributed by atoms with Gasteiger partial charge in [-0.15, -0.1) is 0 Å². The molecule has 0 amide bonds. The molecule has 1 fully saturated rings. The molecule has 25 heavy (non-hydrogen) atoms. The normalized spacial score (nSPS) is 17.6. The number of hydrogen-bond acceptors (Lipinski definition) is 4. The van der Waals surface area contributed by atoms with Gasteiger partial charge in [0.25, 0.3) is 0 Å². The maximum absolute atomic E-state index is 9.67. The third-order valence-corrected chi connectivity index (χ3v) is 5.50. The summed E-state index contributed by atoms with van der Waals surface area (Å²) in [5.74, 6) is 0.801. The highest BCUT2D eigenvalue weighted by atomic mass is 35.5. The first kappa shape index (κ1) is 16.6. The van der Waals surface area contributed by atoms with Crippen molar-refractivity contribution in [2.24, 2.45) is 0 Å². The molecule has 2 aromatic heterocycles. The standard InChI is InChI=1S/C18H18Cl2N4O/c1-11-8-23(10-21-11)15-7-16(24-6-2-3-12(24)9-25)22-18-13(15)4-5-14(19)17(18)20/h4-5,7-8,10,12,25H,2-3,6,9H2,1H3. The van der Waals surface area contributed by atoms with E-state index < -0.39 is 0 Å². The molecular formula is C18H18Cl2N4O. The van der Waals surface area contributed by atoms with Gasteiger partial charge in [-0.1, -0.05) is 23.2 Å². The van der Waals surface area contributed by atoms with Gasteiger partial charge in [-0.25, -0.2) is 9.97 Å². The van der Waals surface area contributed by atoms with Gasteiger partial charge < -0.3 is 14.6 Å². The SMILES string of the molecule is Cc1cn(-c2cc(N3CCCC3CO)nc3c(Cl)c(Cl)ccc23)cn1. The number of fused-ring (bicyclic) bond motifs is 1. The number of hydrogen-bond donors (Lipinski definition) is 1. The minimum absolute atomic E-state index is 0.0836. The minimum atomic E-state index is 0.0836. The van der Waals surface area contributed by atoms with Crippen molar-refractivity contribution in [1.82, 2.24) is 14.5 Å². The molecule has 4 rings (SSSR count). The molecule has 0 aliphatic carbocycles. The number of benzene rings is 1. The zero-order valence-corrected chi connectivity index (χ0v) is 15.3. The van der Waals surface area contributed by atoms with Gasteiger partial charge in [0.2, 0.25) is 0 Å². The lowest BCUT2D eigenvalue weighted by Crippen LogP contribution is -2.32. The third-order valence-electron chi connectivity index (χ3n) is 4.71. The van der Waals surface area contributed by atoms with Gasteiger partial charge in [0.05, 0.1) is 45.9 Å². The number of halogens is 2. The van der Waals surface area contributed by atoms with E-state index in [0.29, 0.717) is 15.6 Å². The van der Waals surface area contributed by atoms with E-state index in [1.54, 1.807) is 12.4 Å². The lowest BCUT2D eigenvalue weighted by Gasteiger charge is -2.25. The second-order valence-electron chi connectivity index (χ2n) is 6.35. The summed E-state index contributed by atoms with van der Waals surface area (Å²) in [5, 5.41) is 11.5. The molecule has 1 N–H and O–H groups in total. The van der Waals surface area contributed by atoms with Crippen LogP contribution in [-0.2, 0) is 0 Å². The zero-order chi connectivity index (χ0) is 17.6. The summed E-state index contributed by atoms with van der Waals surface area (Å²) in [6, 6.07) is 5.83. The number of rotatable bonds is 3. The number of anilines is 1. The van der Waals surface area contributed by atoms with Crippen LogP contribution in [0.4, 0.5) is 5.82 Å². The highest BCUT2D eigenvalue weighted by Gasteiger charge is 2.26. The molecule has 3 heterocycles. The molecule has 5 nitrogen and oxygen atoms in total. The van der Waals surface area contributed by atoms with Crippen LogP contribution in [0, 0.1) is 6.92 Å². The van der Waals surface area contributed by atoms with Crippen LogP contribution in [-0.4, -0.2) is 38.8 Å². The van der Waals surface area contributed by atoms with Crippen molar-refractivity contribution in [1.29, 1.82) is 0 Å². The summed E-state index contributed by atoms with van der Waals surface area (Å²) < 4.78 is 1.97. The maximum Gasteiger partial charge on any atom is 0.131 e. The fourth-order valence-corrected chi connectivity index (χ4v) is 3.80. The van der Waals surface area contributed by atoms with E-state index in [2.05, 4.69) is 9.88 Å². The quantitative estimate of drug-likeness (QED) is 0.750. The lowest BCUT2D eigenvalue weighted by atomic mass is 10.1. The number of aromatic nitrogens is 3. The van der Waals surface area contributed by atoms with Gasteiger partial charge in [-0.2, -0.15) is 0 Å². The van der Waals surface area contributed by atoms with Gasteiger partial charge in [0.1, 0.15) is 5.82 Å². The number of aliphatic hydroxyl groups is 1. The van der Waals surface area contributed by atoms with Crippen LogP contribution in [0.2, 0.25) is 10.0 Å². The average molecular weight is 377 g/mol. The van der Waals surface area contributed by atoms with Crippen molar-refractivity contribution in [2.75, 3.05) is 18.1 Å². The molecular weight excluding hydrogens is 359 g/mol. The topological polar surface area (TPSA) is 54.2 Å². The third kappa shape index (κ3) is 2.86. The number of pyridine rings is 1. The Hall–Kier alpha value is -1.82. The number of aliphatic hydroxyl groups excluding tert-OH is 1. The van der Waals surface area contributed by atoms with Crippen LogP contribution >= 0.6 is 23.2 Å². The highest BCUT2D eigenvalue weighted by Crippen LogP contribution is 2.36. The predicted molar refractivity (Wildman–Crippen MR) is 101 cm³/mol. The number of aryl methyl sites for hydroxylation is 1. The molecule has 0 radical (unpaired) electrons. The molecule has 1 aliphatic rings. The predicted octanol–water partition coefficient (Wildman–Crippen LogP) is 4.00. The molecule has 7 heteroatoms. The van der Waals surface area contributed by atoms with Crippen LogP contribution in [0.5, 0.6) is 0 Å². The Morgan fingerprint density at radius 2 is 2.16 bits per heavy atom. The smallest absolute Gasteiger partial charge is 0.131 e. The van der Waals surface area contributed by atoms with E-state index in [1.165, 1.54) is 0 Å². The van der Waals surface area contributed by atoms with E-state index in [1.807, 2.05) is 29.8 Å². The fraction of sp³-hybridized carbons (Fsp3) is 0.333. The average Bonchev–Trinajstić information content (AvgIpc) is 3.26. The summed E-state index contributed by atoms with van der Waals surface area (Å²) in [4.78, 5) is 11.2. The summed E-state index contributed by atoms with van der Waals surface area (Å²) in [7, 11) is 0. The van der Waals surface area contributed by atoms with E-state index in [9.17, 15) is 5.11 Å². The monoisotopic (exact) mass is 376 g/mol. The molecule has 0 spiro atoms. The van der Waals surface area contributed by atoms with Crippen LogP contribution in [0.15, 0.2) is 30.7 Å². The number of imidazole rings is 1. The van der Waals surface area contributed by atoms with Crippen LogP contribution in [0.25, 0.3) is 16.6 Å². The molecule has 0 bridgehead atoms. The van der Waals surface area contributed by atoms with E-state index in [0.717, 1.165) is 42.0 Å². The van der Waals surface area contributed by atoms with Crippen LogP contribution < -0.4 is 4.90 Å². The highest BCUT2D eigenvalue weighted by molar-refractivity contribution is 6.45. The fourth-order valence-electron chi connectivity index (χ4n) is 3.44. The molecule has 1 aromatic carbocycles. The maximum atomic E-state index is 9.67.